The predicted octanol–water partition coefficient (Wildman–Crippen LogP) is 3.97. The zero-order valence-electron chi connectivity index (χ0n) is 12.4. The number of methoxy groups -OCH3 is 2. The average molecular weight is 337 g/mol. The summed E-state index contributed by atoms with van der Waals surface area (Å²) in [5.74, 6) is 0.274. The summed E-state index contributed by atoms with van der Waals surface area (Å²) in [6, 6.07) is 10.4. The maximum Gasteiger partial charge on any atom is 0.337 e. The summed E-state index contributed by atoms with van der Waals surface area (Å²) in [5.41, 5.74) is 8.51. The van der Waals surface area contributed by atoms with Crippen molar-refractivity contribution in [3.8, 4) is 5.75 Å². The number of ether oxygens (including phenoxy) is 2. The maximum atomic E-state index is 11.4. The Labute approximate surface area is 141 Å². The number of esters is 1. The molecular weight excluding hydrogens is 316 g/mol. The second kappa shape index (κ2) is 8.29. The molecule has 0 spiro atoms. The van der Waals surface area contributed by atoms with Crippen molar-refractivity contribution in [3.05, 3.63) is 52.5 Å². The van der Waals surface area contributed by atoms with Crippen LogP contribution in [0.3, 0.4) is 0 Å². The molecule has 0 heterocycles. The summed E-state index contributed by atoms with van der Waals surface area (Å²) in [4.78, 5) is 11.4. The lowest BCUT2D eigenvalue weighted by Gasteiger charge is -2.11. The van der Waals surface area contributed by atoms with Crippen molar-refractivity contribution in [2.45, 2.75) is 14.0 Å². The number of nitrogen functional groups attached to an aromatic ring is 1. The summed E-state index contributed by atoms with van der Waals surface area (Å²) in [7, 11) is 2.92. The molecule has 0 saturated heterocycles. The molecule has 0 atom stereocenters. The van der Waals surface area contributed by atoms with E-state index in [1.54, 1.807) is 31.4 Å². The SMILES string of the molecule is C.COC(=O)c1ccc(NCc2cc(Cl)cc(OC)c2)c(N)c1. The van der Waals surface area contributed by atoms with Crippen LogP contribution in [0, 0.1) is 0 Å². The number of carbonyl (C=O) groups is 1. The third-order valence-corrected chi connectivity index (χ3v) is 3.34. The van der Waals surface area contributed by atoms with Gasteiger partial charge in [0.25, 0.3) is 0 Å². The summed E-state index contributed by atoms with van der Waals surface area (Å²) < 4.78 is 9.83. The topological polar surface area (TPSA) is 73.6 Å². The van der Waals surface area contributed by atoms with E-state index in [0.29, 0.717) is 28.6 Å². The van der Waals surface area contributed by atoms with Crippen molar-refractivity contribution in [2.75, 3.05) is 25.3 Å². The molecule has 0 radical (unpaired) electrons. The first-order valence-electron chi connectivity index (χ1n) is 6.58. The Balaban J connectivity index is 0.00000264. The molecule has 0 aliphatic carbocycles. The molecule has 0 fully saturated rings. The molecule has 0 aliphatic heterocycles. The molecule has 0 saturated carbocycles. The summed E-state index contributed by atoms with van der Waals surface area (Å²) >= 11 is 6.03. The molecule has 6 heteroatoms. The Hall–Kier alpha value is -2.40. The molecular formula is C17H21ClN2O3. The smallest absolute Gasteiger partial charge is 0.337 e. The Morgan fingerprint density at radius 3 is 2.57 bits per heavy atom. The highest BCUT2D eigenvalue weighted by atomic mass is 35.5. The monoisotopic (exact) mass is 336 g/mol. The fraction of sp³-hybridized carbons (Fsp3) is 0.235. The van der Waals surface area contributed by atoms with E-state index < -0.39 is 5.97 Å². The normalized spacial score (nSPS) is 9.70. The number of hydrogen-bond acceptors (Lipinski definition) is 5. The van der Waals surface area contributed by atoms with E-state index in [1.165, 1.54) is 7.11 Å². The van der Waals surface area contributed by atoms with E-state index in [-0.39, 0.29) is 7.43 Å². The fourth-order valence-corrected chi connectivity index (χ4v) is 2.25. The third kappa shape index (κ3) is 4.79. The van der Waals surface area contributed by atoms with E-state index in [1.807, 2.05) is 12.1 Å². The van der Waals surface area contributed by atoms with Crippen LogP contribution < -0.4 is 15.8 Å². The van der Waals surface area contributed by atoms with Crippen LogP contribution in [0.2, 0.25) is 5.02 Å². The van der Waals surface area contributed by atoms with Gasteiger partial charge in [-0.25, -0.2) is 4.79 Å². The van der Waals surface area contributed by atoms with Gasteiger partial charge in [0, 0.05) is 11.6 Å². The lowest BCUT2D eigenvalue weighted by Crippen LogP contribution is -2.06. The minimum absolute atomic E-state index is 0. The highest BCUT2D eigenvalue weighted by Gasteiger charge is 2.08. The lowest BCUT2D eigenvalue weighted by atomic mass is 10.1. The van der Waals surface area contributed by atoms with Crippen LogP contribution in [-0.4, -0.2) is 20.2 Å². The van der Waals surface area contributed by atoms with Crippen molar-refractivity contribution in [1.29, 1.82) is 0 Å². The van der Waals surface area contributed by atoms with Gasteiger partial charge >= 0.3 is 5.97 Å². The number of benzene rings is 2. The number of nitrogens with one attached hydrogen (secondary N) is 1. The quantitative estimate of drug-likeness (QED) is 0.638. The van der Waals surface area contributed by atoms with Gasteiger partial charge in [-0.3, -0.25) is 0 Å². The molecule has 2 rings (SSSR count). The third-order valence-electron chi connectivity index (χ3n) is 3.12. The number of nitrogens with two attached hydrogens (primary N) is 1. The van der Waals surface area contributed by atoms with Crippen molar-refractivity contribution in [3.63, 3.8) is 0 Å². The number of rotatable bonds is 5. The molecule has 23 heavy (non-hydrogen) atoms. The standard InChI is InChI=1S/C16H17ClN2O3.CH4/c1-21-13-6-10(5-12(17)8-13)9-19-15-4-3-11(7-14(15)18)16(20)22-2;/h3-8,19H,9,18H2,1-2H3;1H4. The van der Waals surface area contributed by atoms with Gasteiger partial charge in [-0.1, -0.05) is 19.0 Å². The van der Waals surface area contributed by atoms with Crippen molar-refractivity contribution in [2.24, 2.45) is 0 Å². The maximum absolute atomic E-state index is 11.4. The second-order valence-corrected chi connectivity index (χ2v) is 5.08. The van der Waals surface area contributed by atoms with Gasteiger partial charge in [-0.15, -0.1) is 0 Å². The molecule has 0 unspecified atom stereocenters. The van der Waals surface area contributed by atoms with Crippen molar-refractivity contribution in [1.82, 2.24) is 0 Å². The molecule has 124 valence electrons. The summed E-state index contributed by atoms with van der Waals surface area (Å²) in [6.07, 6.45) is 0. The Morgan fingerprint density at radius 2 is 1.96 bits per heavy atom. The Bertz CT molecular complexity index is 690. The fourth-order valence-electron chi connectivity index (χ4n) is 2.01. The zero-order valence-corrected chi connectivity index (χ0v) is 13.1. The summed E-state index contributed by atoms with van der Waals surface area (Å²) in [6.45, 7) is 0.526. The lowest BCUT2D eigenvalue weighted by molar-refractivity contribution is 0.0601. The highest BCUT2D eigenvalue weighted by molar-refractivity contribution is 6.30. The molecule has 0 amide bonds. The molecule has 0 aromatic heterocycles. The van der Waals surface area contributed by atoms with E-state index in [0.717, 1.165) is 11.3 Å². The molecule has 2 aromatic rings. The van der Waals surface area contributed by atoms with E-state index in [9.17, 15) is 4.79 Å². The first kappa shape index (κ1) is 18.6. The average Bonchev–Trinajstić information content (AvgIpc) is 2.52. The van der Waals surface area contributed by atoms with E-state index in [2.05, 4.69) is 10.1 Å². The molecule has 2 aromatic carbocycles. The van der Waals surface area contributed by atoms with Crippen LogP contribution >= 0.6 is 11.6 Å². The first-order valence-corrected chi connectivity index (χ1v) is 6.96. The van der Waals surface area contributed by atoms with Gasteiger partial charge < -0.3 is 20.5 Å². The van der Waals surface area contributed by atoms with Gasteiger partial charge in [0.15, 0.2) is 0 Å². The highest BCUT2D eigenvalue weighted by Crippen LogP contribution is 2.24. The van der Waals surface area contributed by atoms with Crippen molar-refractivity contribution >= 4 is 28.9 Å². The minimum atomic E-state index is -0.419. The molecule has 5 nitrogen and oxygen atoms in total. The van der Waals surface area contributed by atoms with Gasteiger partial charge in [0.1, 0.15) is 5.75 Å². The Morgan fingerprint density at radius 1 is 1.22 bits per heavy atom. The second-order valence-electron chi connectivity index (χ2n) is 4.65. The predicted molar refractivity (Wildman–Crippen MR) is 94.3 cm³/mol. The zero-order chi connectivity index (χ0) is 16.1. The van der Waals surface area contributed by atoms with Crippen LogP contribution in [0.15, 0.2) is 36.4 Å². The van der Waals surface area contributed by atoms with Crippen LogP contribution in [-0.2, 0) is 11.3 Å². The van der Waals surface area contributed by atoms with Crippen LogP contribution in [0.1, 0.15) is 23.3 Å². The van der Waals surface area contributed by atoms with E-state index >= 15 is 0 Å². The Kier molecular flexibility index (Phi) is 6.72. The number of halogens is 1. The van der Waals surface area contributed by atoms with Gasteiger partial charge in [0.2, 0.25) is 0 Å². The van der Waals surface area contributed by atoms with Gasteiger partial charge in [-0.2, -0.15) is 0 Å². The first-order chi connectivity index (χ1) is 10.5. The van der Waals surface area contributed by atoms with Crippen LogP contribution in [0.25, 0.3) is 0 Å². The van der Waals surface area contributed by atoms with Crippen molar-refractivity contribution < 1.29 is 14.3 Å². The molecule has 0 aliphatic rings. The number of carbonyl (C=O) groups excluding carboxylic acids is 1. The molecule has 0 bridgehead atoms. The largest absolute Gasteiger partial charge is 0.497 e. The minimum Gasteiger partial charge on any atom is -0.497 e. The van der Waals surface area contributed by atoms with Gasteiger partial charge in [-0.05, 0) is 42.0 Å². The van der Waals surface area contributed by atoms with E-state index in [4.69, 9.17) is 22.1 Å². The van der Waals surface area contributed by atoms with Gasteiger partial charge in [0.05, 0.1) is 31.2 Å². The van der Waals surface area contributed by atoms with Crippen LogP contribution in [0.4, 0.5) is 11.4 Å². The number of hydrogen-bond donors (Lipinski definition) is 2. The van der Waals surface area contributed by atoms with Crippen LogP contribution in [0.5, 0.6) is 5.75 Å². The molecule has 3 N–H and O–H groups in total. The number of anilines is 2. The summed E-state index contributed by atoms with van der Waals surface area (Å²) in [5, 5.41) is 3.80.